The number of aromatic nitrogens is 3. The van der Waals surface area contributed by atoms with Crippen LogP contribution < -0.4 is 0 Å². The molecule has 1 aromatic carbocycles. The zero-order valence-corrected chi connectivity index (χ0v) is 17.0. The van der Waals surface area contributed by atoms with Crippen molar-refractivity contribution in [2.75, 3.05) is 20.3 Å². The Balaban J connectivity index is 1.52. The van der Waals surface area contributed by atoms with Gasteiger partial charge in [-0.1, -0.05) is 41.9 Å². The van der Waals surface area contributed by atoms with Gasteiger partial charge < -0.3 is 14.4 Å². The number of piperidine rings is 1. The lowest BCUT2D eigenvalue weighted by Gasteiger charge is -2.38. The number of amides is 1. The summed E-state index contributed by atoms with van der Waals surface area (Å²) < 4.78 is 12.9. The summed E-state index contributed by atoms with van der Waals surface area (Å²) >= 11 is 6.18. The molecule has 1 fully saturated rings. The Kier molecular flexibility index (Phi) is 5.97. The third-order valence-corrected chi connectivity index (χ3v) is 5.60. The van der Waals surface area contributed by atoms with Crippen molar-refractivity contribution in [1.82, 2.24) is 19.3 Å². The number of benzene rings is 1. The fourth-order valence-corrected chi connectivity index (χ4v) is 4.04. The SMILES string of the molecule is COC[C@H]1CC[C@@H](c2ncc3c(Cl)nccn23)CN1C(=O)OCc1ccccc1. The average molecular weight is 415 g/mol. The van der Waals surface area contributed by atoms with E-state index in [0.717, 1.165) is 29.7 Å². The van der Waals surface area contributed by atoms with Gasteiger partial charge in [-0.2, -0.15) is 0 Å². The normalized spacial score (nSPS) is 19.4. The van der Waals surface area contributed by atoms with Gasteiger partial charge in [0.05, 0.1) is 18.8 Å². The lowest BCUT2D eigenvalue weighted by molar-refractivity contribution is 0.0338. The van der Waals surface area contributed by atoms with Crippen LogP contribution in [0.15, 0.2) is 48.9 Å². The van der Waals surface area contributed by atoms with Crippen LogP contribution in [-0.2, 0) is 16.1 Å². The largest absolute Gasteiger partial charge is 0.445 e. The van der Waals surface area contributed by atoms with Crippen molar-refractivity contribution >= 4 is 23.2 Å². The third-order valence-electron chi connectivity index (χ3n) is 5.31. The van der Waals surface area contributed by atoms with Crippen molar-refractivity contribution < 1.29 is 14.3 Å². The van der Waals surface area contributed by atoms with Gasteiger partial charge in [-0.25, -0.2) is 14.8 Å². The van der Waals surface area contributed by atoms with Crippen molar-refractivity contribution in [2.24, 2.45) is 0 Å². The fourth-order valence-electron chi connectivity index (χ4n) is 3.85. The molecule has 0 radical (unpaired) electrons. The molecule has 0 bridgehead atoms. The molecule has 1 aliphatic heterocycles. The molecule has 8 heteroatoms. The second-order valence-electron chi connectivity index (χ2n) is 7.17. The fraction of sp³-hybridized carbons (Fsp3) is 0.381. The van der Waals surface area contributed by atoms with Crippen LogP contribution >= 0.6 is 11.6 Å². The maximum absolute atomic E-state index is 12.9. The molecule has 0 aliphatic carbocycles. The van der Waals surface area contributed by atoms with E-state index >= 15 is 0 Å². The van der Waals surface area contributed by atoms with E-state index in [1.54, 1.807) is 24.4 Å². The van der Waals surface area contributed by atoms with Crippen molar-refractivity contribution in [3.63, 3.8) is 0 Å². The molecule has 1 saturated heterocycles. The number of nitrogens with zero attached hydrogens (tertiary/aromatic N) is 4. The summed E-state index contributed by atoms with van der Waals surface area (Å²) in [4.78, 5) is 23.3. The number of likely N-dealkylation sites (tertiary alicyclic amines) is 1. The van der Waals surface area contributed by atoms with Crippen molar-refractivity contribution in [3.05, 3.63) is 65.5 Å². The number of imidazole rings is 1. The van der Waals surface area contributed by atoms with Crippen LogP contribution in [0.5, 0.6) is 0 Å². The van der Waals surface area contributed by atoms with Crippen LogP contribution in [0.3, 0.4) is 0 Å². The van der Waals surface area contributed by atoms with Gasteiger partial charge in [0.2, 0.25) is 0 Å². The Hall–Kier alpha value is -2.64. The summed E-state index contributed by atoms with van der Waals surface area (Å²) in [5.74, 6) is 0.953. The van der Waals surface area contributed by atoms with Gasteiger partial charge in [0.1, 0.15) is 17.9 Å². The molecule has 7 nitrogen and oxygen atoms in total. The molecule has 3 aromatic rings. The highest BCUT2D eigenvalue weighted by Crippen LogP contribution is 2.31. The van der Waals surface area contributed by atoms with Crippen molar-refractivity contribution in [3.8, 4) is 0 Å². The molecular formula is C21H23ClN4O3. The highest BCUT2D eigenvalue weighted by atomic mass is 35.5. The Morgan fingerprint density at radius 1 is 1.24 bits per heavy atom. The maximum Gasteiger partial charge on any atom is 0.410 e. The van der Waals surface area contributed by atoms with Crippen LogP contribution in [0.2, 0.25) is 5.15 Å². The van der Waals surface area contributed by atoms with Gasteiger partial charge in [-0.05, 0) is 18.4 Å². The number of carbonyl (C=O) groups is 1. The molecule has 0 saturated carbocycles. The summed E-state index contributed by atoms with van der Waals surface area (Å²) in [6.07, 6.45) is 6.61. The lowest BCUT2D eigenvalue weighted by atomic mass is 9.92. The first-order valence-electron chi connectivity index (χ1n) is 9.61. The summed E-state index contributed by atoms with van der Waals surface area (Å²) in [6.45, 7) is 1.24. The van der Waals surface area contributed by atoms with E-state index in [1.165, 1.54) is 0 Å². The van der Waals surface area contributed by atoms with E-state index in [9.17, 15) is 4.79 Å². The van der Waals surface area contributed by atoms with E-state index in [2.05, 4.69) is 9.97 Å². The zero-order valence-electron chi connectivity index (χ0n) is 16.2. The quantitative estimate of drug-likeness (QED) is 0.633. The number of carbonyl (C=O) groups excluding carboxylic acids is 1. The number of rotatable bonds is 5. The van der Waals surface area contributed by atoms with Gasteiger partial charge in [-0.3, -0.25) is 4.40 Å². The molecule has 1 amide bonds. The number of ether oxygens (including phenoxy) is 2. The second-order valence-corrected chi connectivity index (χ2v) is 7.52. The molecule has 2 aromatic heterocycles. The van der Waals surface area contributed by atoms with Crippen molar-refractivity contribution in [1.29, 1.82) is 0 Å². The number of hydrogen-bond acceptors (Lipinski definition) is 5. The van der Waals surface area contributed by atoms with E-state index in [-0.39, 0.29) is 24.7 Å². The predicted molar refractivity (Wildman–Crippen MR) is 109 cm³/mol. The van der Waals surface area contributed by atoms with Gasteiger partial charge in [0.15, 0.2) is 5.15 Å². The number of halogens is 1. The Bertz CT molecular complexity index is 978. The average Bonchev–Trinajstić information content (AvgIpc) is 3.19. The highest BCUT2D eigenvalue weighted by molar-refractivity contribution is 6.32. The first-order chi connectivity index (χ1) is 14.2. The minimum Gasteiger partial charge on any atom is -0.445 e. The highest BCUT2D eigenvalue weighted by Gasteiger charge is 2.35. The van der Waals surface area contributed by atoms with E-state index in [0.29, 0.717) is 18.3 Å². The summed E-state index contributed by atoms with van der Waals surface area (Å²) in [5.41, 5.74) is 1.72. The Labute approximate surface area is 174 Å². The Morgan fingerprint density at radius 3 is 2.86 bits per heavy atom. The second kappa shape index (κ2) is 8.80. The third kappa shape index (κ3) is 4.21. The monoisotopic (exact) mass is 414 g/mol. The molecule has 0 unspecified atom stereocenters. The summed E-state index contributed by atoms with van der Waals surface area (Å²) in [7, 11) is 1.65. The number of fused-ring (bicyclic) bond motifs is 1. The molecule has 4 rings (SSSR count). The minimum atomic E-state index is -0.332. The van der Waals surface area contributed by atoms with E-state index in [4.69, 9.17) is 21.1 Å². The molecular weight excluding hydrogens is 392 g/mol. The van der Waals surface area contributed by atoms with Gasteiger partial charge in [0, 0.05) is 32.0 Å². The molecule has 3 heterocycles. The molecule has 0 N–H and O–H groups in total. The first kappa shape index (κ1) is 19.7. The first-order valence-corrected chi connectivity index (χ1v) is 9.99. The smallest absolute Gasteiger partial charge is 0.410 e. The minimum absolute atomic E-state index is 0.0176. The molecule has 2 atom stereocenters. The molecule has 1 aliphatic rings. The van der Waals surface area contributed by atoms with E-state index < -0.39 is 0 Å². The molecule has 152 valence electrons. The predicted octanol–water partition coefficient (Wildman–Crippen LogP) is 3.91. The van der Waals surface area contributed by atoms with Crippen LogP contribution in [0.4, 0.5) is 4.79 Å². The lowest BCUT2D eigenvalue weighted by Crippen LogP contribution is -2.48. The van der Waals surface area contributed by atoms with Crippen LogP contribution in [0, 0.1) is 0 Å². The number of hydrogen-bond donors (Lipinski definition) is 0. The topological polar surface area (TPSA) is 69.0 Å². The standard InChI is InChI=1S/C21H23ClN4O3/c1-28-14-17-8-7-16(20-24-11-18-19(22)23-9-10-25(18)20)12-26(17)21(27)29-13-15-5-3-2-4-6-15/h2-6,9-11,16-17H,7-8,12-14H2,1H3/t16-,17-/m1/s1. The van der Waals surface area contributed by atoms with Crippen LogP contribution in [0.25, 0.3) is 5.52 Å². The summed E-state index contributed by atoms with van der Waals surface area (Å²) in [5, 5.41) is 0.415. The Morgan fingerprint density at radius 2 is 2.07 bits per heavy atom. The van der Waals surface area contributed by atoms with Crippen LogP contribution in [0.1, 0.15) is 30.1 Å². The molecule has 29 heavy (non-hydrogen) atoms. The summed E-state index contributed by atoms with van der Waals surface area (Å²) in [6, 6.07) is 9.65. The van der Waals surface area contributed by atoms with Crippen LogP contribution in [-0.4, -0.2) is 51.7 Å². The van der Waals surface area contributed by atoms with Gasteiger partial charge >= 0.3 is 6.09 Å². The van der Waals surface area contributed by atoms with Crippen molar-refractivity contribution in [2.45, 2.75) is 31.4 Å². The van der Waals surface area contributed by atoms with E-state index in [1.807, 2.05) is 40.9 Å². The van der Waals surface area contributed by atoms with Gasteiger partial charge in [-0.15, -0.1) is 0 Å². The zero-order chi connectivity index (χ0) is 20.2. The van der Waals surface area contributed by atoms with Gasteiger partial charge in [0.25, 0.3) is 0 Å². The maximum atomic E-state index is 12.9. The number of methoxy groups -OCH3 is 1. The molecule has 0 spiro atoms.